The SMILES string of the molecule is Cc1c(C(=O)O)n(CCO)c2c(C)c(Cl)ccc2c1=O. The second kappa shape index (κ2) is 5.26. The minimum absolute atomic E-state index is 0.0838. The summed E-state index contributed by atoms with van der Waals surface area (Å²) in [5, 5.41) is 19.4. The summed E-state index contributed by atoms with van der Waals surface area (Å²) in [7, 11) is 0. The van der Waals surface area contributed by atoms with Crippen molar-refractivity contribution in [3.05, 3.63) is 44.2 Å². The zero-order valence-corrected chi connectivity index (χ0v) is 11.9. The number of hydrogen-bond donors (Lipinski definition) is 2. The van der Waals surface area contributed by atoms with Crippen LogP contribution in [0, 0.1) is 13.8 Å². The third-order valence-electron chi connectivity index (χ3n) is 3.37. The normalized spacial score (nSPS) is 11.0. The minimum Gasteiger partial charge on any atom is -0.477 e. The lowest BCUT2D eigenvalue weighted by Crippen LogP contribution is -2.23. The highest BCUT2D eigenvalue weighted by Gasteiger charge is 2.20. The number of hydrogen-bond acceptors (Lipinski definition) is 3. The molecule has 2 N–H and O–H groups in total. The summed E-state index contributed by atoms with van der Waals surface area (Å²) in [4.78, 5) is 23.7. The average Bonchev–Trinajstić information content (AvgIpc) is 2.39. The van der Waals surface area contributed by atoms with Crippen molar-refractivity contribution in [3.63, 3.8) is 0 Å². The highest BCUT2D eigenvalue weighted by molar-refractivity contribution is 6.32. The summed E-state index contributed by atoms with van der Waals surface area (Å²) in [6.45, 7) is 3.05. The maximum Gasteiger partial charge on any atom is 0.352 e. The monoisotopic (exact) mass is 295 g/mol. The van der Waals surface area contributed by atoms with Gasteiger partial charge in [0.15, 0.2) is 5.43 Å². The predicted octanol–water partition coefficient (Wildman–Crippen LogP) is 1.96. The van der Waals surface area contributed by atoms with Gasteiger partial charge in [0, 0.05) is 22.5 Å². The van der Waals surface area contributed by atoms with Crippen molar-refractivity contribution in [2.24, 2.45) is 0 Å². The maximum absolute atomic E-state index is 12.3. The number of aryl methyl sites for hydroxylation is 1. The van der Waals surface area contributed by atoms with Gasteiger partial charge in [-0.05, 0) is 31.5 Å². The summed E-state index contributed by atoms with van der Waals surface area (Å²) in [6, 6.07) is 3.20. The number of rotatable bonds is 3. The molecule has 0 spiro atoms. The molecule has 0 aliphatic rings. The molecule has 20 heavy (non-hydrogen) atoms. The highest BCUT2D eigenvalue weighted by atomic mass is 35.5. The summed E-state index contributed by atoms with van der Waals surface area (Å²) in [6.07, 6.45) is 0. The fourth-order valence-electron chi connectivity index (χ4n) is 2.43. The number of benzene rings is 1. The van der Waals surface area contributed by atoms with Crippen LogP contribution in [0.1, 0.15) is 21.6 Å². The molecule has 5 nitrogen and oxygen atoms in total. The van der Waals surface area contributed by atoms with Gasteiger partial charge in [-0.15, -0.1) is 0 Å². The Hall–Kier alpha value is -1.85. The summed E-state index contributed by atoms with van der Waals surface area (Å²) >= 11 is 6.06. The van der Waals surface area contributed by atoms with E-state index in [0.717, 1.165) is 0 Å². The van der Waals surface area contributed by atoms with Crippen LogP contribution in [-0.4, -0.2) is 27.4 Å². The molecule has 106 valence electrons. The first kappa shape index (κ1) is 14.6. The van der Waals surface area contributed by atoms with E-state index < -0.39 is 5.97 Å². The van der Waals surface area contributed by atoms with Crippen molar-refractivity contribution >= 4 is 28.5 Å². The Balaban J connectivity index is 3.10. The van der Waals surface area contributed by atoms with E-state index in [-0.39, 0.29) is 29.8 Å². The second-order valence-corrected chi connectivity index (χ2v) is 4.96. The first-order valence-electron chi connectivity index (χ1n) is 6.06. The summed E-state index contributed by atoms with van der Waals surface area (Å²) in [5.74, 6) is -1.20. The van der Waals surface area contributed by atoms with Crippen LogP contribution in [-0.2, 0) is 6.54 Å². The van der Waals surface area contributed by atoms with E-state index in [9.17, 15) is 19.8 Å². The van der Waals surface area contributed by atoms with E-state index >= 15 is 0 Å². The third kappa shape index (κ3) is 2.09. The Morgan fingerprint density at radius 2 is 1.95 bits per heavy atom. The maximum atomic E-state index is 12.3. The molecular weight excluding hydrogens is 282 g/mol. The Kier molecular flexibility index (Phi) is 3.83. The topological polar surface area (TPSA) is 79.5 Å². The van der Waals surface area contributed by atoms with Crippen LogP contribution in [0.5, 0.6) is 0 Å². The Morgan fingerprint density at radius 1 is 1.30 bits per heavy atom. The first-order chi connectivity index (χ1) is 9.40. The lowest BCUT2D eigenvalue weighted by molar-refractivity contribution is 0.0682. The molecule has 2 aromatic rings. The zero-order valence-electron chi connectivity index (χ0n) is 11.1. The van der Waals surface area contributed by atoms with E-state index in [1.807, 2.05) is 0 Å². The molecule has 0 saturated heterocycles. The third-order valence-corrected chi connectivity index (χ3v) is 3.78. The number of aromatic carboxylic acids is 1. The van der Waals surface area contributed by atoms with Gasteiger partial charge in [-0.25, -0.2) is 4.79 Å². The van der Waals surface area contributed by atoms with Crippen molar-refractivity contribution in [3.8, 4) is 0 Å². The van der Waals surface area contributed by atoms with Crippen LogP contribution in [0.15, 0.2) is 16.9 Å². The fraction of sp³-hybridized carbons (Fsp3) is 0.286. The second-order valence-electron chi connectivity index (χ2n) is 4.55. The molecule has 0 amide bonds. The highest BCUT2D eigenvalue weighted by Crippen LogP contribution is 2.25. The van der Waals surface area contributed by atoms with Crippen molar-refractivity contribution in [2.45, 2.75) is 20.4 Å². The van der Waals surface area contributed by atoms with E-state index in [1.165, 1.54) is 11.5 Å². The van der Waals surface area contributed by atoms with Crippen LogP contribution in [0.4, 0.5) is 0 Å². The van der Waals surface area contributed by atoms with Crippen molar-refractivity contribution < 1.29 is 15.0 Å². The van der Waals surface area contributed by atoms with Gasteiger partial charge in [0.2, 0.25) is 0 Å². The number of halogens is 1. The molecule has 0 unspecified atom stereocenters. The average molecular weight is 296 g/mol. The van der Waals surface area contributed by atoms with Crippen molar-refractivity contribution in [1.82, 2.24) is 4.57 Å². The molecule has 0 bridgehead atoms. The predicted molar refractivity (Wildman–Crippen MR) is 76.7 cm³/mol. The number of carboxylic acids is 1. The molecule has 0 fully saturated rings. The molecule has 0 saturated carbocycles. The van der Waals surface area contributed by atoms with Gasteiger partial charge in [0.1, 0.15) is 5.69 Å². The zero-order chi connectivity index (χ0) is 15.0. The lowest BCUT2D eigenvalue weighted by atomic mass is 10.0. The quantitative estimate of drug-likeness (QED) is 0.907. The van der Waals surface area contributed by atoms with Crippen LogP contribution in [0.25, 0.3) is 10.9 Å². The number of aliphatic hydroxyl groups excluding tert-OH is 1. The van der Waals surface area contributed by atoms with Gasteiger partial charge in [-0.3, -0.25) is 4.79 Å². The van der Waals surface area contributed by atoms with Gasteiger partial charge in [0.25, 0.3) is 0 Å². The molecule has 0 aliphatic carbocycles. The molecular formula is C14H14ClNO4. The molecule has 2 rings (SSSR count). The molecule has 6 heteroatoms. The number of pyridine rings is 1. The summed E-state index contributed by atoms with van der Waals surface area (Å²) < 4.78 is 1.44. The standard InChI is InChI=1S/C14H14ClNO4/c1-7-10(15)4-3-9-11(7)16(5-6-17)12(14(19)20)8(2)13(9)18/h3-4,17H,5-6H2,1-2H3,(H,19,20). The number of fused-ring (bicyclic) bond motifs is 1. The van der Waals surface area contributed by atoms with Crippen molar-refractivity contribution in [1.29, 1.82) is 0 Å². The number of aliphatic hydroxyl groups is 1. The molecule has 1 aromatic heterocycles. The fourth-order valence-corrected chi connectivity index (χ4v) is 2.58. The van der Waals surface area contributed by atoms with Gasteiger partial charge < -0.3 is 14.8 Å². The molecule has 0 atom stereocenters. The Bertz CT molecular complexity index is 764. The van der Waals surface area contributed by atoms with Crippen molar-refractivity contribution in [2.75, 3.05) is 6.61 Å². The minimum atomic E-state index is -1.20. The molecule has 1 heterocycles. The number of carbonyl (C=O) groups is 1. The smallest absolute Gasteiger partial charge is 0.352 e. The number of nitrogens with zero attached hydrogens (tertiary/aromatic N) is 1. The van der Waals surface area contributed by atoms with Gasteiger partial charge in [-0.1, -0.05) is 11.6 Å². The first-order valence-corrected chi connectivity index (χ1v) is 6.44. The largest absolute Gasteiger partial charge is 0.477 e. The Morgan fingerprint density at radius 3 is 2.50 bits per heavy atom. The molecule has 0 aliphatic heterocycles. The van der Waals surface area contributed by atoms with Crippen LogP contribution in [0.3, 0.4) is 0 Å². The molecule has 0 radical (unpaired) electrons. The Labute approximate surface area is 120 Å². The van der Waals surface area contributed by atoms with E-state index in [4.69, 9.17) is 11.6 Å². The van der Waals surface area contributed by atoms with Crippen LogP contribution >= 0.6 is 11.6 Å². The number of aromatic nitrogens is 1. The number of carboxylic acid groups (broad SMARTS) is 1. The van der Waals surface area contributed by atoms with Gasteiger partial charge >= 0.3 is 5.97 Å². The molecule has 1 aromatic carbocycles. The van der Waals surface area contributed by atoms with Gasteiger partial charge in [-0.2, -0.15) is 0 Å². The lowest BCUT2D eigenvalue weighted by Gasteiger charge is -2.18. The van der Waals surface area contributed by atoms with Crippen LogP contribution in [0.2, 0.25) is 5.02 Å². The summed E-state index contributed by atoms with van der Waals surface area (Å²) in [5.41, 5.74) is 0.796. The van der Waals surface area contributed by atoms with Gasteiger partial charge in [0.05, 0.1) is 12.1 Å². The van der Waals surface area contributed by atoms with E-state index in [1.54, 1.807) is 19.1 Å². The van der Waals surface area contributed by atoms with Crippen LogP contribution < -0.4 is 5.43 Å². The van der Waals surface area contributed by atoms with E-state index in [2.05, 4.69) is 0 Å². The van der Waals surface area contributed by atoms with E-state index in [0.29, 0.717) is 21.5 Å².